The van der Waals surface area contributed by atoms with Gasteiger partial charge in [-0.3, -0.25) is 9.88 Å². The molecule has 0 unspecified atom stereocenters. The zero-order valence-electron chi connectivity index (χ0n) is 16.9. The fraction of sp³-hybridized carbons (Fsp3) is 0.476. The first-order chi connectivity index (χ1) is 13.3. The SMILES string of the molecule is Cc1cc(O[C@@H]2C[C@H](C)N([C@H](C)c3nc4nc(C)sc4cc3F)C2)cc(C)n1. The molecule has 0 radical (unpaired) electrons. The van der Waals surface area contributed by atoms with Gasteiger partial charge in [0.2, 0.25) is 0 Å². The number of halogens is 1. The van der Waals surface area contributed by atoms with E-state index in [-0.39, 0.29) is 24.0 Å². The van der Waals surface area contributed by atoms with E-state index >= 15 is 0 Å². The molecule has 0 spiro atoms. The summed E-state index contributed by atoms with van der Waals surface area (Å²) in [6.45, 7) is 10.8. The summed E-state index contributed by atoms with van der Waals surface area (Å²) in [5, 5.41) is 0.901. The van der Waals surface area contributed by atoms with Crippen LogP contribution in [0.15, 0.2) is 18.2 Å². The minimum absolute atomic E-state index is 0.0620. The molecule has 0 N–H and O–H groups in total. The van der Waals surface area contributed by atoms with Crippen molar-refractivity contribution < 1.29 is 9.13 Å². The quantitative estimate of drug-likeness (QED) is 0.632. The standard InChI is InChI=1S/C21H25FN4OS/c1-11-6-16(7-12(2)23-11)27-17-8-13(3)26(10-17)14(4)20-18(22)9-19-21(25-20)24-15(5)28-19/h6-7,9,13-14,17H,8,10H2,1-5H3/t13-,14+,17+/m0/s1. The summed E-state index contributed by atoms with van der Waals surface area (Å²) in [6, 6.07) is 5.62. The molecule has 5 nitrogen and oxygen atoms in total. The molecule has 4 heterocycles. The van der Waals surface area contributed by atoms with Gasteiger partial charge in [0.1, 0.15) is 17.7 Å². The molecule has 3 aromatic heterocycles. The van der Waals surface area contributed by atoms with Crippen LogP contribution in [0.5, 0.6) is 5.75 Å². The number of aromatic nitrogens is 3. The molecule has 0 aliphatic carbocycles. The Morgan fingerprint density at radius 1 is 1.14 bits per heavy atom. The topological polar surface area (TPSA) is 51.1 Å². The molecular weight excluding hydrogens is 375 g/mol. The van der Waals surface area contributed by atoms with Gasteiger partial charge in [0.05, 0.1) is 21.4 Å². The van der Waals surface area contributed by atoms with Crippen LogP contribution in [0.3, 0.4) is 0 Å². The number of ether oxygens (including phenoxy) is 1. The number of pyridine rings is 2. The maximum atomic E-state index is 14.7. The van der Waals surface area contributed by atoms with Crippen LogP contribution in [-0.2, 0) is 0 Å². The zero-order valence-corrected chi connectivity index (χ0v) is 17.7. The number of hydrogen-bond donors (Lipinski definition) is 0. The van der Waals surface area contributed by atoms with E-state index in [1.807, 2.05) is 39.8 Å². The lowest BCUT2D eigenvalue weighted by Gasteiger charge is -2.28. The summed E-state index contributed by atoms with van der Waals surface area (Å²) >= 11 is 1.47. The van der Waals surface area contributed by atoms with E-state index < -0.39 is 0 Å². The lowest BCUT2D eigenvalue weighted by Crippen LogP contribution is -2.32. The fourth-order valence-electron chi connectivity index (χ4n) is 4.10. The van der Waals surface area contributed by atoms with Gasteiger partial charge >= 0.3 is 0 Å². The maximum absolute atomic E-state index is 14.7. The molecule has 0 saturated carbocycles. The van der Waals surface area contributed by atoms with Crippen molar-refractivity contribution in [3.05, 3.63) is 46.1 Å². The highest BCUT2D eigenvalue weighted by Gasteiger charge is 2.35. The monoisotopic (exact) mass is 400 g/mol. The maximum Gasteiger partial charge on any atom is 0.171 e. The van der Waals surface area contributed by atoms with Gasteiger partial charge in [0.25, 0.3) is 0 Å². The number of likely N-dealkylation sites (tertiary alicyclic amines) is 1. The molecule has 0 bridgehead atoms. The van der Waals surface area contributed by atoms with Gasteiger partial charge in [-0.1, -0.05) is 0 Å². The molecule has 0 aromatic carbocycles. The molecule has 1 saturated heterocycles. The van der Waals surface area contributed by atoms with E-state index in [2.05, 4.69) is 26.8 Å². The number of nitrogens with zero attached hydrogens (tertiary/aromatic N) is 4. The van der Waals surface area contributed by atoms with Crippen molar-refractivity contribution in [1.82, 2.24) is 19.9 Å². The zero-order chi connectivity index (χ0) is 20.0. The van der Waals surface area contributed by atoms with Gasteiger partial charge in [0.15, 0.2) is 5.65 Å². The second kappa shape index (κ2) is 7.37. The van der Waals surface area contributed by atoms with Crippen molar-refractivity contribution in [1.29, 1.82) is 0 Å². The average molecular weight is 401 g/mol. The molecule has 1 aliphatic heterocycles. The largest absolute Gasteiger partial charge is 0.489 e. The lowest BCUT2D eigenvalue weighted by molar-refractivity contribution is 0.166. The molecule has 0 amide bonds. The second-order valence-electron chi connectivity index (χ2n) is 7.69. The van der Waals surface area contributed by atoms with Crippen LogP contribution in [-0.4, -0.2) is 38.5 Å². The smallest absolute Gasteiger partial charge is 0.171 e. The number of aryl methyl sites for hydroxylation is 3. The molecule has 148 valence electrons. The molecule has 3 aromatic rings. The van der Waals surface area contributed by atoms with Crippen molar-refractivity contribution >= 4 is 21.7 Å². The van der Waals surface area contributed by atoms with Crippen LogP contribution in [0.2, 0.25) is 0 Å². The van der Waals surface area contributed by atoms with Gasteiger partial charge in [-0.25, -0.2) is 14.4 Å². The van der Waals surface area contributed by atoms with Gasteiger partial charge in [0, 0.05) is 42.5 Å². The van der Waals surface area contributed by atoms with Crippen molar-refractivity contribution in [2.75, 3.05) is 6.54 Å². The number of rotatable bonds is 4. The van der Waals surface area contributed by atoms with E-state index in [4.69, 9.17) is 4.74 Å². The Balaban J connectivity index is 1.53. The van der Waals surface area contributed by atoms with Crippen molar-refractivity contribution in [3.8, 4) is 5.75 Å². The average Bonchev–Trinajstić information content (AvgIpc) is 3.13. The Labute approximate surface area is 168 Å². The summed E-state index contributed by atoms with van der Waals surface area (Å²) in [5.41, 5.74) is 2.99. The molecule has 7 heteroatoms. The predicted octanol–water partition coefficient (Wildman–Crippen LogP) is 4.75. The summed E-state index contributed by atoms with van der Waals surface area (Å²) in [6.07, 6.45) is 0.955. The van der Waals surface area contributed by atoms with E-state index in [0.29, 0.717) is 11.3 Å². The normalized spacial score (nSPS) is 21.4. The summed E-state index contributed by atoms with van der Waals surface area (Å²) < 4.78 is 21.8. The third-order valence-electron chi connectivity index (χ3n) is 5.31. The minimum Gasteiger partial charge on any atom is -0.489 e. The highest BCUT2D eigenvalue weighted by molar-refractivity contribution is 7.18. The molecule has 3 atom stereocenters. The Morgan fingerprint density at radius 3 is 2.57 bits per heavy atom. The van der Waals surface area contributed by atoms with Gasteiger partial charge in [-0.05, 0) is 40.7 Å². The first-order valence-corrected chi connectivity index (χ1v) is 10.4. The molecule has 4 rings (SSSR count). The van der Waals surface area contributed by atoms with E-state index in [9.17, 15) is 4.39 Å². The summed E-state index contributed by atoms with van der Waals surface area (Å²) in [7, 11) is 0. The first-order valence-electron chi connectivity index (χ1n) is 9.61. The van der Waals surface area contributed by atoms with Gasteiger partial charge in [-0.2, -0.15) is 0 Å². The fourth-order valence-corrected chi connectivity index (χ4v) is 4.90. The minimum atomic E-state index is -0.263. The van der Waals surface area contributed by atoms with Crippen molar-refractivity contribution in [2.24, 2.45) is 0 Å². The number of fused-ring (bicyclic) bond motifs is 1. The Bertz CT molecular complexity index is 1000. The van der Waals surface area contributed by atoms with E-state index in [0.717, 1.165) is 39.8 Å². The highest BCUT2D eigenvalue weighted by Crippen LogP contribution is 2.33. The van der Waals surface area contributed by atoms with Crippen LogP contribution in [0, 0.1) is 26.6 Å². The summed E-state index contributed by atoms with van der Waals surface area (Å²) in [5.74, 6) is 0.584. The first kappa shape index (κ1) is 19.2. The Kier molecular flexibility index (Phi) is 5.05. The van der Waals surface area contributed by atoms with Crippen LogP contribution >= 0.6 is 11.3 Å². The molecule has 28 heavy (non-hydrogen) atoms. The molecule has 1 aliphatic rings. The van der Waals surface area contributed by atoms with Crippen LogP contribution in [0.25, 0.3) is 10.3 Å². The van der Waals surface area contributed by atoms with E-state index in [1.165, 1.54) is 11.3 Å². The third kappa shape index (κ3) is 3.73. The highest BCUT2D eigenvalue weighted by atomic mass is 32.1. The van der Waals surface area contributed by atoms with Crippen LogP contribution in [0.4, 0.5) is 4.39 Å². The predicted molar refractivity (Wildman–Crippen MR) is 109 cm³/mol. The van der Waals surface area contributed by atoms with Gasteiger partial charge in [-0.15, -0.1) is 11.3 Å². The third-order valence-corrected chi connectivity index (χ3v) is 6.21. The number of hydrogen-bond acceptors (Lipinski definition) is 6. The second-order valence-corrected chi connectivity index (χ2v) is 8.93. The Hall–Kier alpha value is -2.12. The summed E-state index contributed by atoms with van der Waals surface area (Å²) in [4.78, 5) is 15.6. The van der Waals surface area contributed by atoms with Gasteiger partial charge < -0.3 is 4.74 Å². The molecular formula is C21H25FN4OS. The van der Waals surface area contributed by atoms with Crippen LogP contribution < -0.4 is 4.74 Å². The van der Waals surface area contributed by atoms with Crippen molar-refractivity contribution in [2.45, 2.75) is 59.2 Å². The van der Waals surface area contributed by atoms with E-state index in [1.54, 1.807) is 6.07 Å². The lowest BCUT2D eigenvalue weighted by atomic mass is 10.1. The van der Waals surface area contributed by atoms with Crippen molar-refractivity contribution in [3.63, 3.8) is 0 Å². The van der Waals surface area contributed by atoms with Crippen LogP contribution in [0.1, 0.15) is 48.4 Å². The molecule has 1 fully saturated rings. The number of thiazole rings is 1. The Morgan fingerprint density at radius 2 is 1.86 bits per heavy atom.